The monoisotopic (exact) mass is 239 g/mol. The van der Waals surface area contributed by atoms with Gasteiger partial charge in [0.2, 0.25) is 0 Å². The van der Waals surface area contributed by atoms with E-state index in [9.17, 15) is 0 Å². The van der Waals surface area contributed by atoms with Gasteiger partial charge in [0.15, 0.2) is 0 Å². The Morgan fingerprint density at radius 3 is 2.76 bits per heavy atom. The highest BCUT2D eigenvalue weighted by molar-refractivity contribution is 5.05. The molecular formula is C14H29N3. The zero-order chi connectivity index (χ0) is 12.5. The Hall–Kier alpha value is -0.120. The van der Waals surface area contributed by atoms with Crippen molar-refractivity contribution < 1.29 is 0 Å². The van der Waals surface area contributed by atoms with Gasteiger partial charge in [-0.15, -0.1) is 0 Å². The van der Waals surface area contributed by atoms with E-state index in [4.69, 9.17) is 5.73 Å². The quantitative estimate of drug-likeness (QED) is 0.790. The lowest BCUT2D eigenvalue weighted by Gasteiger charge is -2.52. The smallest absolute Gasteiger partial charge is 0.0387 e. The number of likely N-dealkylation sites (N-methyl/N-ethyl adjacent to an activating group) is 1. The number of nitrogens with zero attached hydrogens (tertiary/aromatic N) is 2. The molecule has 2 heterocycles. The SMILES string of the molecule is CCC(C)N(CC)C1(CN)CCN2CCC1C2. The lowest BCUT2D eigenvalue weighted by molar-refractivity contribution is -0.0150. The molecule has 0 aromatic carbocycles. The number of fused-ring (bicyclic) bond motifs is 2. The first-order valence-electron chi connectivity index (χ1n) is 7.37. The van der Waals surface area contributed by atoms with Gasteiger partial charge in [-0.25, -0.2) is 0 Å². The first kappa shape index (κ1) is 13.3. The molecule has 2 aliphatic heterocycles. The molecular weight excluding hydrogens is 210 g/mol. The van der Waals surface area contributed by atoms with E-state index in [2.05, 4.69) is 30.6 Å². The largest absolute Gasteiger partial charge is 0.329 e. The molecule has 2 N–H and O–H groups in total. The van der Waals surface area contributed by atoms with Crippen LogP contribution in [0.25, 0.3) is 0 Å². The molecule has 4 unspecified atom stereocenters. The van der Waals surface area contributed by atoms with Crippen LogP contribution >= 0.6 is 0 Å². The first-order valence-corrected chi connectivity index (χ1v) is 7.37. The molecule has 0 saturated carbocycles. The van der Waals surface area contributed by atoms with Crippen molar-refractivity contribution in [3.05, 3.63) is 0 Å². The molecule has 0 aromatic heterocycles. The van der Waals surface area contributed by atoms with E-state index in [-0.39, 0.29) is 5.54 Å². The van der Waals surface area contributed by atoms with Gasteiger partial charge in [0.05, 0.1) is 0 Å². The van der Waals surface area contributed by atoms with Crippen LogP contribution in [0.4, 0.5) is 0 Å². The average Bonchev–Trinajstić information content (AvgIpc) is 2.77. The molecule has 2 rings (SSSR count). The van der Waals surface area contributed by atoms with E-state index in [0.29, 0.717) is 6.04 Å². The van der Waals surface area contributed by atoms with Gasteiger partial charge in [0.25, 0.3) is 0 Å². The van der Waals surface area contributed by atoms with Crippen molar-refractivity contribution in [1.29, 1.82) is 0 Å². The average molecular weight is 239 g/mol. The minimum atomic E-state index is 0.289. The predicted octanol–water partition coefficient (Wildman–Crippen LogP) is 1.53. The number of rotatable bonds is 5. The van der Waals surface area contributed by atoms with Crippen molar-refractivity contribution in [2.45, 2.75) is 51.6 Å². The number of hydrogen-bond donors (Lipinski definition) is 1. The molecule has 2 aliphatic rings. The molecule has 3 nitrogen and oxygen atoms in total. The highest BCUT2D eigenvalue weighted by Gasteiger charge is 2.49. The number of piperidine rings is 1. The van der Waals surface area contributed by atoms with Crippen molar-refractivity contribution in [1.82, 2.24) is 9.80 Å². The number of nitrogens with two attached hydrogens (primary N) is 1. The Morgan fingerprint density at radius 1 is 1.41 bits per heavy atom. The Morgan fingerprint density at radius 2 is 2.18 bits per heavy atom. The standard InChI is InChI=1S/C14H29N3/c1-4-12(3)17(5-2)14(11-15)7-9-16-8-6-13(14)10-16/h12-13H,4-11,15H2,1-3H3. The third-order valence-corrected chi connectivity index (χ3v) is 5.28. The van der Waals surface area contributed by atoms with Gasteiger partial charge in [0, 0.05) is 24.7 Å². The minimum absolute atomic E-state index is 0.289. The van der Waals surface area contributed by atoms with Crippen LogP contribution in [-0.2, 0) is 0 Å². The molecule has 100 valence electrons. The summed E-state index contributed by atoms with van der Waals surface area (Å²) in [6, 6.07) is 0.663. The lowest BCUT2D eigenvalue weighted by Crippen LogP contribution is -2.64. The maximum atomic E-state index is 6.23. The minimum Gasteiger partial charge on any atom is -0.329 e. The molecule has 4 atom stereocenters. The molecule has 0 radical (unpaired) electrons. The van der Waals surface area contributed by atoms with E-state index >= 15 is 0 Å². The zero-order valence-electron chi connectivity index (χ0n) is 11.8. The first-order chi connectivity index (χ1) is 8.17. The van der Waals surface area contributed by atoms with Crippen LogP contribution in [0.5, 0.6) is 0 Å². The maximum absolute atomic E-state index is 6.23. The van der Waals surface area contributed by atoms with Crippen molar-refractivity contribution in [2.75, 3.05) is 32.7 Å². The maximum Gasteiger partial charge on any atom is 0.0387 e. The van der Waals surface area contributed by atoms with Crippen LogP contribution < -0.4 is 5.73 Å². The topological polar surface area (TPSA) is 32.5 Å². The lowest BCUT2D eigenvalue weighted by atomic mass is 9.76. The van der Waals surface area contributed by atoms with Gasteiger partial charge < -0.3 is 10.6 Å². The zero-order valence-corrected chi connectivity index (χ0v) is 11.8. The van der Waals surface area contributed by atoms with Crippen molar-refractivity contribution >= 4 is 0 Å². The van der Waals surface area contributed by atoms with Crippen molar-refractivity contribution in [3.63, 3.8) is 0 Å². The molecule has 17 heavy (non-hydrogen) atoms. The van der Waals surface area contributed by atoms with Crippen LogP contribution in [0.15, 0.2) is 0 Å². The van der Waals surface area contributed by atoms with Crippen LogP contribution in [0.3, 0.4) is 0 Å². The van der Waals surface area contributed by atoms with Crippen molar-refractivity contribution in [3.8, 4) is 0 Å². The molecule has 2 fully saturated rings. The Balaban J connectivity index is 2.22. The molecule has 0 spiro atoms. The van der Waals surface area contributed by atoms with Crippen LogP contribution in [-0.4, -0.2) is 54.1 Å². The fourth-order valence-corrected chi connectivity index (χ4v) is 4.08. The molecule has 0 aromatic rings. The van der Waals surface area contributed by atoms with Gasteiger partial charge in [-0.2, -0.15) is 0 Å². The van der Waals surface area contributed by atoms with Crippen LogP contribution in [0, 0.1) is 5.92 Å². The summed E-state index contributed by atoms with van der Waals surface area (Å²) in [7, 11) is 0. The molecule has 2 saturated heterocycles. The molecule has 2 bridgehead atoms. The van der Waals surface area contributed by atoms with Gasteiger partial charge in [-0.05, 0) is 51.7 Å². The van der Waals surface area contributed by atoms with E-state index in [0.717, 1.165) is 19.0 Å². The molecule has 3 heteroatoms. The van der Waals surface area contributed by atoms with Gasteiger partial charge in [-0.3, -0.25) is 4.90 Å². The second kappa shape index (κ2) is 5.25. The summed E-state index contributed by atoms with van der Waals surface area (Å²) in [6.07, 6.45) is 3.85. The number of hydrogen-bond acceptors (Lipinski definition) is 3. The highest BCUT2D eigenvalue weighted by atomic mass is 15.3. The summed E-state index contributed by atoms with van der Waals surface area (Å²) >= 11 is 0. The Labute approximate surface area is 106 Å². The van der Waals surface area contributed by atoms with E-state index in [1.54, 1.807) is 0 Å². The second-order valence-electron chi connectivity index (χ2n) is 5.89. The van der Waals surface area contributed by atoms with Gasteiger partial charge in [-0.1, -0.05) is 13.8 Å². The fraction of sp³-hybridized carbons (Fsp3) is 1.00. The summed E-state index contributed by atoms with van der Waals surface area (Å²) in [6.45, 7) is 12.8. The van der Waals surface area contributed by atoms with Crippen LogP contribution in [0.1, 0.15) is 40.0 Å². The highest BCUT2D eigenvalue weighted by Crippen LogP contribution is 2.40. The third-order valence-electron chi connectivity index (χ3n) is 5.28. The summed E-state index contributed by atoms with van der Waals surface area (Å²) in [5.74, 6) is 0.801. The normalized spacial score (nSPS) is 38.6. The van der Waals surface area contributed by atoms with Crippen LogP contribution in [0.2, 0.25) is 0 Å². The Bertz CT molecular complexity index is 256. The fourth-order valence-electron chi connectivity index (χ4n) is 4.08. The predicted molar refractivity (Wildman–Crippen MR) is 73.1 cm³/mol. The second-order valence-corrected chi connectivity index (χ2v) is 5.89. The van der Waals surface area contributed by atoms with Gasteiger partial charge >= 0.3 is 0 Å². The Kier molecular flexibility index (Phi) is 4.11. The molecule has 0 aliphatic carbocycles. The summed E-state index contributed by atoms with van der Waals surface area (Å²) in [4.78, 5) is 5.32. The van der Waals surface area contributed by atoms with E-state index in [1.807, 2.05) is 0 Å². The van der Waals surface area contributed by atoms with E-state index in [1.165, 1.54) is 38.9 Å². The summed E-state index contributed by atoms with van der Waals surface area (Å²) < 4.78 is 0. The van der Waals surface area contributed by atoms with Crippen molar-refractivity contribution in [2.24, 2.45) is 11.7 Å². The third kappa shape index (κ3) is 2.13. The summed E-state index contributed by atoms with van der Waals surface area (Å²) in [5.41, 5.74) is 6.52. The van der Waals surface area contributed by atoms with E-state index < -0.39 is 0 Å². The van der Waals surface area contributed by atoms with Gasteiger partial charge in [0.1, 0.15) is 0 Å². The summed E-state index contributed by atoms with van der Waals surface area (Å²) in [5, 5.41) is 0. The molecule has 0 amide bonds.